The lowest BCUT2D eigenvalue weighted by Crippen LogP contribution is -2.21. The summed E-state index contributed by atoms with van der Waals surface area (Å²) < 4.78 is 0. The van der Waals surface area contributed by atoms with Crippen LogP contribution in [0.2, 0.25) is 0 Å². The zero-order valence-corrected chi connectivity index (χ0v) is 8.59. The predicted octanol–water partition coefficient (Wildman–Crippen LogP) is 2.62. The molecule has 0 spiro atoms. The quantitative estimate of drug-likeness (QED) is 0.617. The lowest BCUT2D eigenvalue weighted by Gasteiger charge is -2.17. The molecule has 0 bridgehead atoms. The van der Waals surface area contributed by atoms with Gasteiger partial charge in [-0.2, -0.15) is 0 Å². The smallest absolute Gasteiger partial charge is 0.169 e. The fourth-order valence-corrected chi connectivity index (χ4v) is 1.13. The molecule has 0 unspecified atom stereocenters. The van der Waals surface area contributed by atoms with E-state index < -0.39 is 0 Å². The van der Waals surface area contributed by atoms with Crippen molar-refractivity contribution in [1.82, 2.24) is 4.98 Å². The average Bonchev–Trinajstić information content (AvgIpc) is 2.02. The van der Waals surface area contributed by atoms with Crippen molar-refractivity contribution in [2.75, 3.05) is 0 Å². The molecule has 1 heterocycles. The number of ketones is 1. The number of nitrogens with zero attached hydrogens (tertiary/aromatic N) is 1. The molecule has 0 aromatic carbocycles. The molecule has 70 valence electrons. The summed E-state index contributed by atoms with van der Waals surface area (Å²) >= 11 is 0. The van der Waals surface area contributed by atoms with Crippen LogP contribution >= 0.6 is 0 Å². The van der Waals surface area contributed by atoms with Gasteiger partial charge in [-0.3, -0.25) is 9.78 Å². The van der Waals surface area contributed by atoms with Gasteiger partial charge in [0.25, 0.3) is 0 Å². The minimum atomic E-state index is -0.326. The molecule has 2 nitrogen and oxygen atoms in total. The molecule has 0 radical (unpaired) electrons. The SMILES string of the molecule is Cc1ncccc1C(=O)C(C)(C)C. The van der Waals surface area contributed by atoms with Crippen LogP contribution < -0.4 is 0 Å². The number of pyridine rings is 1. The summed E-state index contributed by atoms with van der Waals surface area (Å²) in [6.45, 7) is 7.62. The van der Waals surface area contributed by atoms with Gasteiger partial charge in [0.05, 0.1) is 0 Å². The van der Waals surface area contributed by atoms with E-state index in [0.717, 1.165) is 11.3 Å². The van der Waals surface area contributed by atoms with E-state index in [0.29, 0.717) is 0 Å². The van der Waals surface area contributed by atoms with Crippen molar-refractivity contribution in [1.29, 1.82) is 0 Å². The molecule has 0 aliphatic heterocycles. The molecule has 1 aromatic rings. The summed E-state index contributed by atoms with van der Waals surface area (Å²) in [5.74, 6) is 0.151. The third-order valence-corrected chi connectivity index (χ3v) is 1.93. The molecule has 2 heteroatoms. The van der Waals surface area contributed by atoms with Crippen molar-refractivity contribution in [3.8, 4) is 0 Å². The first-order valence-corrected chi connectivity index (χ1v) is 4.39. The molecule has 0 saturated heterocycles. The minimum absolute atomic E-state index is 0.151. The molecular formula is C11H15NO. The van der Waals surface area contributed by atoms with Gasteiger partial charge in [0.2, 0.25) is 0 Å². The van der Waals surface area contributed by atoms with E-state index in [1.165, 1.54) is 0 Å². The molecule has 0 saturated carbocycles. The van der Waals surface area contributed by atoms with Crippen molar-refractivity contribution >= 4 is 5.78 Å². The highest BCUT2D eigenvalue weighted by Crippen LogP contribution is 2.21. The van der Waals surface area contributed by atoms with Crippen LogP contribution in [-0.2, 0) is 0 Å². The summed E-state index contributed by atoms with van der Waals surface area (Å²) in [5, 5.41) is 0. The van der Waals surface area contributed by atoms with Gasteiger partial charge in [0, 0.05) is 22.9 Å². The molecule has 0 fully saturated rings. The third kappa shape index (κ3) is 2.14. The highest BCUT2D eigenvalue weighted by Gasteiger charge is 2.24. The van der Waals surface area contributed by atoms with Gasteiger partial charge in [-0.1, -0.05) is 20.8 Å². The van der Waals surface area contributed by atoms with Gasteiger partial charge >= 0.3 is 0 Å². The molecule has 1 aromatic heterocycles. The van der Waals surface area contributed by atoms with Crippen LogP contribution in [0.4, 0.5) is 0 Å². The highest BCUT2D eigenvalue weighted by molar-refractivity contribution is 6.00. The zero-order valence-electron chi connectivity index (χ0n) is 8.59. The van der Waals surface area contributed by atoms with Crippen molar-refractivity contribution < 1.29 is 4.79 Å². The lowest BCUT2D eigenvalue weighted by molar-refractivity contribution is 0.0857. The maximum atomic E-state index is 11.8. The fourth-order valence-electron chi connectivity index (χ4n) is 1.13. The second-order valence-corrected chi connectivity index (χ2v) is 4.22. The van der Waals surface area contributed by atoms with Gasteiger partial charge in [0.1, 0.15) is 0 Å². The molecule has 0 aliphatic carbocycles. The summed E-state index contributed by atoms with van der Waals surface area (Å²) in [6.07, 6.45) is 1.70. The average molecular weight is 177 g/mol. The molecule has 0 amide bonds. The van der Waals surface area contributed by atoms with E-state index in [1.54, 1.807) is 12.3 Å². The molecule has 13 heavy (non-hydrogen) atoms. The van der Waals surface area contributed by atoms with Crippen LogP contribution in [0.15, 0.2) is 18.3 Å². The zero-order chi connectivity index (χ0) is 10.1. The van der Waals surface area contributed by atoms with Gasteiger partial charge in [0.15, 0.2) is 5.78 Å². The van der Waals surface area contributed by atoms with Crippen LogP contribution in [0.3, 0.4) is 0 Å². The number of carbonyl (C=O) groups excluding carboxylic acids is 1. The molecule has 0 N–H and O–H groups in total. The van der Waals surface area contributed by atoms with Crippen LogP contribution in [0.25, 0.3) is 0 Å². The molecule has 0 atom stereocenters. The van der Waals surface area contributed by atoms with Crippen molar-refractivity contribution in [3.05, 3.63) is 29.6 Å². The first kappa shape index (κ1) is 9.90. The lowest BCUT2D eigenvalue weighted by atomic mass is 9.86. The van der Waals surface area contributed by atoms with E-state index >= 15 is 0 Å². The summed E-state index contributed by atoms with van der Waals surface area (Å²) in [6, 6.07) is 3.63. The second kappa shape index (κ2) is 3.29. The minimum Gasteiger partial charge on any atom is -0.294 e. The van der Waals surface area contributed by atoms with Crippen molar-refractivity contribution in [2.45, 2.75) is 27.7 Å². The number of aromatic nitrogens is 1. The standard InChI is InChI=1S/C11H15NO/c1-8-9(6-5-7-12-8)10(13)11(2,3)4/h5-7H,1-4H3. The maximum Gasteiger partial charge on any atom is 0.169 e. The molecular weight excluding hydrogens is 162 g/mol. The predicted molar refractivity (Wildman–Crippen MR) is 52.8 cm³/mol. The van der Waals surface area contributed by atoms with E-state index in [4.69, 9.17) is 0 Å². The largest absolute Gasteiger partial charge is 0.294 e. The summed E-state index contributed by atoms with van der Waals surface area (Å²) in [4.78, 5) is 15.9. The Morgan fingerprint density at radius 2 is 2.00 bits per heavy atom. The number of hydrogen-bond donors (Lipinski definition) is 0. The number of rotatable bonds is 1. The van der Waals surface area contributed by atoms with E-state index in [2.05, 4.69) is 4.98 Å². The van der Waals surface area contributed by atoms with Crippen molar-refractivity contribution in [2.24, 2.45) is 5.41 Å². The maximum absolute atomic E-state index is 11.8. The Bertz CT molecular complexity index is 323. The first-order chi connectivity index (χ1) is 5.93. The van der Waals surface area contributed by atoms with Crippen LogP contribution in [-0.4, -0.2) is 10.8 Å². The Kier molecular flexibility index (Phi) is 2.50. The topological polar surface area (TPSA) is 30.0 Å². The normalized spacial score (nSPS) is 11.4. The van der Waals surface area contributed by atoms with E-state index in [1.807, 2.05) is 33.8 Å². The van der Waals surface area contributed by atoms with Gasteiger partial charge in [-0.15, -0.1) is 0 Å². The van der Waals surface area contributed by atoms with Crippen LogP contribution in [0.1, 0.15) is 36.8 Å². The second-order valence-electron chi connectivity index (χ2n) is 4.22. The number of carbonyl (C=O) groups is 1. The van der Waals surface area contributed by atoms with Gasteiger partial charge in [-0.25, -0.2) is 0 Å². The van der Waals surface area contributed by atoms with Crippen LogP contribution in [0, 0.1) is 12.3 Å². The Balaban J connectivity index is 3.10. The van der Waals surface area contributed by atoms with Gasteiger partial charge < -0.3 is 0 Å². The number of hydrogen-bond acceptors (Lipinski definition) is 2. The fraction of sp³-hybridized carbons (Fsp3) is 0.455. The Hall–Kier alpha value is -1.18. The number of Topliss-reactive ketones (excluding diaryl/α,β-unsaturated/α-hetero) is 1. The monoisotopic (exact) mass is 177 g/mol. The molecule has 1 rings (SSSR count). The number of aryl methyl sites for hydroxylation is 1. The Morgan fingerprint density at radius 1 is 1.38 bits per heavy atom. The molecule has 0 aliphatic rings. The summed E-state index contributed by atoms with van der Waals surface area (Å²) in [5.41, 5.74) is 1.21. The van der Waals surface area contributed by atoms with Crippen LogP contribution in [0.5, 0.6) is 0 Å². The van der Waals surface area contributed by atoms with E-state index in [9.17, 15) is 4.79 Å². The highest BCUT2D eigenvalue weighted by atomic mass is 16.1. The Morgan fingerprint density at radius 3 is 2.46 bits per heavy atom. The van der Waals surface area contributed by atoms with Crippen molar-refractivity contribution in [3.63, 3.8) is 0 Å². The Labute approximate surface area is 79.0 Å². The summed E-state index contributed by atoms with van der Waals surface area (Å²) in [7, 11) is 0. The third-order valence-electron chi connectivity index (χ3n) is 1.93. The van der Waals surface area contributed by atoms with Gasteiger partial charge in [-0.05, 0) is 19.1 Å². The van der Waals surface area contributed by atoms with E-state index in [-0.39, 0.29) is 11.2 Å². The first-order valence-electron chi connectivity index (χ1n) is 4.39.